The van der Waals surface area contributed by atoms with E-state index in [0.717, 1.165) is 25.7 Å². The molecule has 0 spiro atoms. The fourth-order valence-corrected chi connectivity index (χ4v) is 3.25. The number of benzene rings is 1. The second kappa shape index (κ2) is 5.31. The first kappa shape index (κ1) is 13.8. The minimum atomic E-state index is -0.421. The van der Waals surface area contributed by atoms with Crippen molar-refractivity contribution in [3.05, 3.63) is 40.1 Å². The molecule has 1 aliphatic carbocycles. The number of fused-ring (bicyclic) bond motifs is 1. The quantitative estimate of drug-likeness (QED) is 0.524. The van der Waals surface area contributed by atoms with Crippen LogP contribution in [-0.4, -0.2) is 15.7 Å². The molecule has 0 atom stereocenters. The van der Waals surface area contributed by atoms with Gasteiger partial charge in [0.2, 0.25) is 0 Å². The number of nitro benzene ring substituents is 1. The summed E-state index contributed by atoms with van der Waals surface area (Å²) >= 11 is 0. The first-order valence-electron chi connectivity index (χ1n) is 7.36. The van der Waals surface area contributed by atoms with Gasteiger partial charge in [-0.2, -0.15) is 0 Å². The number of Topliss-reactive ketones (excluding diaryl/α,β-unsaturated/α-hetero) is 1. The minimum Gasteiger partial charge on any atom is -0.360 e. The summed E-state index contributed by atoms with van der Waals surface area (Å²) in [6.07, 6.45) is 5.50. The molecule has 1 heterocycles. The number of nitrogens with zero attached hydrogens (tertiary/aromatic N) is 1. The predicted molar refractivity (Wildman–Crippen MR) is 80.4 cm³/mol. The van der Waals surface area contributed by atoms with Crippen LogP contribution in [0.5, 0.6) is 0 Å². The zero-order valence-electron chi connectivity index (χ0n) is 12.0. The second-order valence-electron chi connectivity index (χ2n) is 5.98. The molecule has 5 nitrogen and oxygen atoms in total. The molecule has 1 aromatic carbocycles. The predicted octanol–water partition coefficient (Wildman–Crippen LogP) is 4.09. The Bertz CT molecular complexity index is 697. The fourth-order valence-electron chi connectivity index (χ4n) is 3.25. The summed E-state index contributed by atoms with van der Waals surface area (Å²) in [5.74, 6) is 0.716. The van der Waals surface area contributed by atoms with Crippen molar-refractivity contribution in [3.63, 3.8) is 0 Å². The van der Waals surface area contributed by atoms with Gasteiger partial charge in [-0.05, 0) is 24.8 Å². The van der Waals surface area contributed by atoms with Crippen LogP contribution in [-0.2, 0) is 0 Å². The van der Waals surface area contributed by atoms with Crippen molar-refractivity contribution in [1.82, 2.24) is 4.98 Å². The van der Waals surface area contributed by atoms with Gasteiger partial charge in [0.25, 0.3) is 5.69 Å². The lowest BCUT2D eigenvalue weighted by atomic mass is 9.79. The van der Waals surface area contributed by atoms with E-state index in [1.54, 1.807) is 18.3 Å². The molecule has 0 unspecified atom stereocenters. The molecule has 0 saturated heterocycles. The molecule has 5 heteroatoms. The van der Waals surface area contributed by atoms with Gasteiger partial charge in [0.1, 0.15) is 0 Å². The minimum absolute atomic E-state index is 0.00000945. The maximum atomic E-state index is 12.7. The van der Waals surface area contributed by atoms with Crippen LogP contribution in [0.15, 0.2) is 24.4 Å². The van der Waals surface area contributed by atoms with Gasteiger partial charge >= 0.3 is 0 Å². The lowest BCUT2D eigenvalue weighted by Crippen LogP contribution is -2.20. The number of nitrogens with one attached hydrogen (secondary N) is 1. The molecular weight excluding hydrogens is 268 g/mol. The molecule has 110 valence electrons. The summed E-state index contributed by atoms with van der Waals surface area (Å²) in [6, 6.07) is 4.85. The molecule has 0 aliphatic heterocycles. The third kappa shape index (κ3) is 2.44. The average Bonchev–Trinajstić information content (AvgIpc) is 2.91. The maximum absolute atomic E-state index is 12.7. The van der Waals surface area contributed by atoms with E-state index < -0.39 is 4.92 Å². The Morgan fingerprint density at radius 2 is 2.00 bits per heavy atom. The van der Waals surface area contributed by atoms with E-state index in [4.69, 9.17) is 0 Å². The van der Waals surface area contributed by atoms with E-state index >= 15 is 0 Å². The molecule has 2 aromatic rings. The summed E-state index contributed by atoms with van der Waals surface area (Å²) in [4.78, 5) is 26.5. The fraction of sp³-hybridized carbons (Fsp3) is 0.438. The van der Waals surface area contributed by atoms with Crippen LogP contribution in [0.2, 0.25) is 0 Å². The lowest BCUT2D eigenvalue weighted by Gasteiger charge is -2.24. The summed E-state index contributed by atoms with van der Waals surface area (Å²) in [5, 5.41) is 11.6. The summed E-state index contributed by atoms with van der Waals surface area (Å²) in [5.41, 5.74) is 1.12. The van der Waals surface area contributed by atoms with Gasteiger partial charge < -0.3 is 4.98 Å². The van der Waals surface area contributed by atoms with Crippen molar-refractivity contribution in [2.45, 2.75) is 32.6 Å². The number of aromatic amines is 1. The number of carbonyl (C=O) groups is 1. The highest BCUT2D eigenvalue weighted by Crippen LogP contribution is 2.35. The van der Waals surface area contributed by atoms with Gasteiger partial charge in [-0.3, -0.25) is 14.9 Å². The number of non-ortho nitro benzene ring substituents is 1. The maximum Gasteiger partial charge on any atom is 0.279 e. The molecule has 21 heavy (non-hydrogen) atoms. The van der Waals surface area contributed by atoms with Crippen LogP contribution in [0, 0.1) is 22.0 Å². The average molecular weight is 286 g/mol. The molecule has 0 amide bonds. The summed E-state index contributed by atoms with van der Waals surface area (Å²) in [6.45, 7) is 2.21. The Kier molecular flexibility index (Phi) is 3.49. The standard InChI is InChI=1S/C16H18N2O3/c1-10-5-7-11(8-6-10)16(19)12-9-17-13-3-2-4-14(15(12)13)18(20)21/h2-4,9-11,17H,5-8H2,1H3. The molecular formula is C16H18N2O3. The number of H-pyrrole nitrogens is 1. The molecule has 3 rings (SSSR count). The smallest absolute Gasteiger partial charge is 0.279 e. The summed E-state index contributed by atoms with van der Waals surface area (Å²) in [7, 11) is 0. The van der Waals surface area contributed by atoms with E-state index in [0.29, 0.717) is 22.4 Å². The zero-order chi connectivity index (χ0) is 15.0. The van der Waals surface area contributed by atoms with Gasteiger partial charge in [0, 0.05) is 18.2 Å². The Morgan fingerprint density at radius 3 is 2.67 bits per heavy atom. The Labute approximate surface area is 122 Å². The van der Waals surface area contributed by atoms with Gasteiger partial charge in [-0.15, -0.1) is 0 Å². The normalized spacial score (nSPS) is 22.3. The Morgan fingerprint density at radius 1 is 1.29 bits per heavy atom. The third-order valence-electron chi connectivity index (χ3n) is 4.53. The third-order valence-corrected chi connectivity index (χ3v) is 4.53. The second-order valence-corrected chi connectivity index (χ2v) is 5.98. The zero-order valence-corrected chi connectivity index (χ0v) is 12.0. The highest BCUT2D eigenvalue weighted by atomic mass is 16.6. The van der Waals surface area contributed by atoms with Crippen molar-refractivity contribution in [1.29, 1.82) is 0 Å². The van der Waals surface area contributed by atoms with E-state index in [-0.39, 0.29) is 17.4 Å². The number of carbonyl (C=O) groups excluding carboxylic acids is 1. The first-order chi connectivity index (χ1) is 10.1. The van der Waals surface area contributed by atoms with Crippen LogP contribution in [0.4, 0.5) is 5.69 Å². The van der Waals surface area contributed by atoms with Crippen LogP contribution >= 0.6 is 0 Å². The molecule has 1 aliphatic rings. The van der Waals surface area contributed by atoms with E-state index in [2.05, 4.69) is 11.9 Å². The van der Waals surface area contributed by atoms with E-state index in [1.807, 2.05) is 0 Å². The largest absolute Gasteiger partial charge is 0.360 e. The monoisotopic (exact) mass is 286 g/mol. The number of aromatic nitrogens is 1. The highest BCUT2D eigenvalue weighted by molar-refractivity contribution is 6.11. The molecule has 0 bridgehead atoms. The lowest BCUT2D eigenvalue weighted by molar-refractivity contribution is -0.383. The van der Waals surface area contributed by atoms with Crippen molar-refractivity contribution in [2.24, 2.45) is 11.8 Å². The molecule has 1 saturated carbocycles. The van der Waals surface area contributed by atoms with Gasteiger partial charge in [-0.1, -0.05) is 25.8 Å². The van der Waals surface area contributed by atoms with Crippen LogP contribution in [0.1, 0.15) is 43.0 Å². The van der Waals surface area contributed by atoms with Gasteiger partial charge in [-0.25, -0.2) is 0 Å². The van der Waals surface area contributed by atoms with E-state index in [1.165, 1.54) is 6.07 Å². The molecule has 0 radical (unpaired) electrons. The van der Waals surface area contributed by atoms with Crippen molar-refractivity contribution in [3.8, 4) is 0 Å². The number of rotatable bonds is 3. The van der Waals surface area contributed by atoms with Crippen molar-refractivity contribution in [2.75, 3.05) is 0 Å². The van der Waals surface area contributed by atoms with Crippen LogP contribution < -0.4 is 0 Å². The number of hydrogen-bond acceptors (Lipinski definition) is 3. The first-order valence-corrected chi connectivity index (χ1v) is 7.36. The SMILES string of the molecule is CC1CCC(C(=O)c2c[nH]c3cccc([N+](=O)[O-])c23)CC1. The Balaban J connectivity index is 2.00. The van der Waals surface area contributed by atoms with Crippen molar-refractivity contribution < 1.29 is 9.72 Å². The van der Waals surface area contributed by atoms with Gasteiger partial charge in [0.15, 0.2) is 5.78 Å². The number of ketones is 1. The molecule has 1 N–H and O–H groups in total. The van der Waals surface area contributed by atoms with E-state index in [9.17, 15) is 14.9 Å². The number of nitro groups is 1. The number of hydrogen-bond donors (Lipinski definition) is 1. The summed E-state index contributed by atoms with van der Waals surface area (Å²) < 4.78 is 0. The Hall–Kier alpha value is -2.17. The molecule has 1 fully saturated rings. The highest BCUT2D eigenvalue weighted by Gasteiger charge is 2.29. The van der Waals surface area contributed by atoms with Crippen molar-refractivity contribution >= 4 is 22.4 Å². The topological polar surface area (TPSA) is 76.0 Å². The van der Waals surface area contributed by atoms with Gasteiger partial charge in [0.05, 0.1) is 21.4 Å². The van der Waals surface area contributed by atoms with Crippen LogP contribution in [0.25, 0.3) is 10.9 Å². The van der Waals surface area contributed by atoms with Crippen LogP contribution in [0.3, 0.4) is 0 Å². The molecule has 1 aromatic heterocycles.